The number of alkyl halides is 1. The summed E-state index contributed by atoms with van der Waals surface area (Å²) in [6, 6.07) is 8.29. The van der Waals surface area contributed by atoms with Crippen LogP contribution in [0, 0.1) is 6.92 Å². The van der Waals surface area contributed by atoms with E-state index in [1.165, 1.54) is 24.0 Å². The summed E-state index contributed by atoms with van der Waals surface area (Å²) in [7, 11) is 1.91. The van der Waals surface area contributed by atoms with Gasteiger partial charge in [0.1, 0.15) is 0 Å². The fourth-order valence-corrected chi connectivity index (χ4v) is 2.46. The molecular formula is C16H24BrNO. The number of carbonyl (C=O) groups excluding carboxylic acids is 1. The molecule has 1 amide bonds. The summed E-state index contributed by atoms with van der Waals surface area (Å²) < 4.78 is 0. The molecule has 0 N–H and O–H groups in total. The maximum Gasteiger partial charge on any atom is 0.222 e. The summed E-state index contributed by atoms with van der Waals surface area (Å²) >= 11 is 3.42. The number of hydrogen-bond acceptors (Lipinski definition) is 1. The molecule has 0 heterocycles. The smallest absolute Gasteiger partial charge is 0.222 e. The molecule has 0 fully saturated rings. The highest BCUT2D eigenvalue weighted by Crippen LogP contribution is 2.10. The van der Waals surface area contributed by atoms with E-state index in [1.807, 2.05) is 24.1 Å². The second kappa shape index (κ2) is 9.13. The van der Waals surface area contributed by atoms with Gasteiger partial charge in [-0.15, -0.1) is 0 Å². The van der Waals surface area contributed by atoms with Gasteiger partial charge in [0.25, 0.3) is 0 Å². The van der Waals surface area contributed by atoms with E-state index < -0.39 is 0 Å². The summed E-state index contributed by atoms with van der Waals surface area (Å²) in [4.78, 5) is 13.9. The third-order valence-corrected chi connectivity index (χ3v) is 3.98. The molecule has 1 aromatic rings. The number of carbonyl (C=O) groups is 1. The minimum atomic E-state index is 0.252. The van der Waals surface area contributed by atoms with Gasteiger partial charge in [0.05, 0.1) is 0 Å². The fourth-order valence-electron chi connectivity index (χ4n) is 2.07. The van der Waals surface area contributed by atoms with Crippen molar-refractivity contribution in [3.8, 4) is 0 Å². The van der Waals surface area contributed by atoms with Crippen LogP contribution in [0.4, 0.5) is 0 Å². The molecule has 0 unspecified atom stereocenters. The molecule has 0 bridgehead atoms. The van der Waals surface area contributed by atoms with Crippen LogP contribution in [0.5, 0.6) is 0 Å². The molecule has 0 saturated carbocycles. The number of halogens is 1. The van der Waals surface area contributed by atoms with Crippen molar-refractivity contribution in [1.82, 2.24) is 4.90 Å². The normalized spacial score (nSPS) is 10.5. The minimum absolute atomic E-state index is 0.252. The predicted molar refractivity (Wildman–Crippen MR) is 84.8 cm³/mol. The summed E-state index contributed by atoms with van der Waals surface area (Å²) in [5.74, 6) is 0.252. The second-order valence-corrected chi connectivity index (χ2v) is 5.78. The fraction of sp³-hybridized carbons (Fsp3) is 0.562. The van der Waals surface area contributed by atoms with Crippen LogP contribution < -0.4 is 0 Å². The molecule has 0 radical (unpaired) electrons. The van der Waals surface area contributed by atoms with E-state index in [0.29, 0.717) is 6.42 Å². The van der Waals surface area contributed by atoms with Crippen molar-refractivity contribution in [2.45, 2.75) is 39.0 Å². The molecule has 0 spiro atoms. The number of nitrogens with zero attached hydrogens (tertiary/aromatic N) is 1. The van der Waals surface area contributed by atoms with Crippen molar-refractivity contribution in [3.05, 3.63) is 35.4 Å². The van der Waals surface area contributed by atoms with Gasteiger partial charge in [-0.25, -0.2) is 0 Å². The van der Waals surface area contributed by atoms with Crippen LogP contribution in [-0.2, 0) is 11.2 Å². The number of rotatable bonds is 8. The van der Waals surface area contributed by atoms with Gasteiger partial charge >= 0.3 is 0 Å². The van der Waals surface area contributed by atoms with E-state index in [4.69, 9.17) is 0 Å². The van der Waals surface area contributed by atoms with Crippen LogP contribution in [0.1, 0.15) is 36.8 Å². The first-order valence-electron chi connectivity index (χ1n) is 6.99. The number of unbranched alkanes of at least 4 members (excludes halogenated alkanes) is 2. The van der Waals surface area contributed by atoms with Gasteiger partial charge in [0.2, 0.25) is 5.91 Å². The van der Waals surface area contributed by atoms with Crippen LogP contribution in [-0.4, -0.2) is 29.7 Å². The summed E-state index contributed by atoms with van der Waals surface area (Å²) in [6.45, 7) is 2.98. The molecule has 19 heavy (non-hydrogen) atoms. The molecule has 0 aliphatic rings. The highest BCUT2D eigenvalue weighted by atomic mass is 79.9. The largest absolute Gasteiger partial charge is 0.346 e. The molecule has 0 aliphatic heterocycles. The Labute approximate surface area is 125 Å². The standard InChI is InChI=1S/C16H24BrNO/c1-14-8-4-5-9-15(14)10-11-16(19)18(2)13-7-3-6-12-17/h4-5,8-9H,3,6-7,10-13H2,1-2H3. The van der Waals surface area contributed by atoms with Crippen molar-refractivity contribution in [3.63, 3.8) is 0 Å². The first-order chi connectivity index (χ1) is 9.15. The molecule has 106 valence electrons. The monoisotopic (exact) mass is 325 g/mol. The highest BCUT2D eigenvalue weighted by molar-refractivity contribution is 9.09. The lowest BCUT2D eigenvalue weighted by Crippen LogP contribution is -2.28. The lowest BCUT2D eigenvalue weighted by Gasteiger charge is -2.17. The van der Waals surface area contributed by atoms with Crippen molar-refractivity contribution >= 4 is 21.8 Å². The van der Waals surface area contributed by atoms with Gasteiger partial charge in [-0.05, 0) is 37.3 Å². The van der Waals surface area contributed by atoms with Gasteiger partial charge in [0.15, 0.2) is 0 Å². The van der Waals surface area contributed by atoms with Gasteiger partial charge in [-0.2, -0.15) is 0 Å². The maximum absolute atomic E-state index is 12.0. The van der Waals surface area contributed by atoms with Crippen LogP contribution in [0.3, 0.4) is 0 Å². The molecule has 0 saturated heterocycles. The molecule has 2 nitrogen and oxygen atoms in total. The zero-order valence-electron chi connectivity index (χ0n) is 12.0. The molecule has 3 heteroatoms. The summed E-state index contributed by atoms with van der Waals surface area (Å²) in [5.41, 5.74) is 2.55. The van der Waals surface area contributed by atoms with Crippen molar-refractivity contribution in [1.29, 1.82) is 0 Å². The van der Waals surface area contributed by atoms with Crippen LogP contribution in [0.25, 0.3) is 0 Å². The average Bonchev–Trinajstić information content (AvgIpc) is 2.42. The molecule has 0 atom stereocenters. The van der Waals surface area contributed by atoms with Crippen LogP contribution >= 0.6 is 15.9 Å². The van der Waals surface area contributed by atoms with Crippen molar-refractivity contribution < 1.29 is 4.79 Å². The SMILES string of the molecule is Cc1ccccc1CCC(=O)N(C)CCCCCBr. The summed E-state index contributed by atoms with van der Waals surface area (Å²) in [6.07, 6.45) is 4.92. The lowest BCUT2D eigenvalue weighted by atomic mass is 10.0. The van der Waals surface area contributed by atoms with Crippen molar-refractivity contribution in [2.24, 2.45) is 0 Å². The second-order valence-electron chi connectivity index (χ2n) is 4.99. The molecular weight excluding hydrogens is 302 g/mol. The van der Waals surface area contributed by atoms with Gasteiger partial charge in [-0.3, -0.25) is 4.79 Å². The first kappa shape index (κ1) is 16.2. The van der Waals surface area contributed by atoms with Crippen LogP contribution in [0.2, 0.25) is 0 Å². The maximum atomic E-state index is 12.0. The first-order valence-corrected chi connectivity index (χ1v) is 8.11. The molecule has 0 aliphatic carbocycles. The van der Waals surface area contributed by atoms with E-state index in [2.05, 4.69) is 35.0 Å². The number of hydrogen-bond donors (Lipinski definition) is 0. The Morgan fingerprint density at radius 1 is 1.21 bits per heavy atom. The third-order valence-electron chi connectivity index (χ3n) is 3.42. The Morgan fingerprint density at radius 3 is 2.63 bits per heavy atom. The average molecular weight is 326 g/mol. The lowest BCUT2D eigenvalue weighted by molar-refractivity contribution is -0.129. The number of benzene rings is 1. The zero-order chi connectivity index (χ0) is 14.1. The van der Waals surface area contributed by atoms with E-state index in [1.54, 1.807) is 0 Å². The van der Waals surface area contributed by atoms with E-state index in [9.17, 15) is 4.79 Å². The summed E-state index contributed by atoms with van der Waals surface area (Å²) in [5, 5.41) is 1.05. The zero-order valence-corrected chi connectivity index (χ0v) is 13.6. The number of amides is 1. The Balaban J connectivity index is 2.28. The number of aryl methyl sites for hydroxylation is 2. The Morgan fingerprint density at radius 2 is 1.95 bits per heavy atom. The van der Waals surface area contributed by atoms with Gasteiger partial charge < -0.3 is 4.90 Å². The Kier molecular flexibility index (Phi) is 7.80. The van der Waals surface area contributed by atoms with Crippen LogP contribution in [0.15, 0.2) is 24.3 Å². The molecule has 1 aromatic carbocycles. The van der Waals surface area contributed by atoms with E-state index in [-0.39, 0.29) is 5.91 Å². The molecule has 1 rings (SSSR count). The third kappa shape index (κ3) is 6.24. The molecule has 0 aromatic heterocycles. The Hall–Kier alpha value is -0.830. The predicted octanol–water partition coefficient (Wildman–Crippen LogP) is 3.95. The highest BCUT2D eigenvalue weighted by Gasteiger charge is 2.09. The quantitative estimate of drug-likeness (QED) is 0.523. The minimum Gasteiger partial charge on any atom is -0.346 e. The van der Waals surface area contributed by atoms with Gasteiger partial charge in [0, 0.05) is 25.3 Å². The van der Waals surface area contributed by atoms with Gasteiger partial charge in [-0.1, -0.05) is 46.6 Å². The Bertz CT molecular complexity index is 392. The topological polar surface area (TPSA) is 20.3 Å². The van der Waals surface area contributed by atoms with Crippen molar-refractivity contribution in [2.75, 3.05) is 18.9 Å². The van der Waals surface area contributed by atoms with E-state index >= 15 is 0 Å². The van der Waals surface area contributed by atoms with E-state index in [0.717, 1.165) is 24.7 Å².